The van der Waals surface area contributed by atoms with Crippen molar-refractivity contribution >= 4 is 11.8 Å². The van der Waals surface area contributed by atoms with Crippen LogP contribution in [0.5, 0.6) is 17.2 Å². The number of aliphatic hydroxyl groups excluding tert-OH is 1. The summed E-state index contributed by atoms with van der Waals surface area (Å²) >= 11 is 1.74. The average Bonchev–Trinajstić information content (AvgIpc) is 2.70. The van der Waals surface area contributed by atoms with E-state index in [1.54, 1.807) is 32.0 Å². The van der Waals surface area contributed by atoms with E-state index in [1.165, 1.54) is 10.5 Å². The second-order valence-corrected chi connectivity index (χ2v) is 7.49. The van der Waals surface area contributed by atoms with E-state index in [1.807, 2.05) is 12.1 Å². The quantitative estimate of drug-likeness (QED) is 0.732. The van der Waals surface area contributed by atoms with Crippen molar-refractivity contribution in [3.05, 3.63) is 48.0 Å². The summed E-state index contributed by atoms with van der Waals surface area (Å²) in [7, 11) is 3.20. The molecule has 0 amide bonds. The van der Waals surface area contributed by atoms with Crippen molar-refractivity contribution in [1.82, 2.24) is 4.90 Å². The van der Waals surface area contributed by atoms with Crippen LogP contribution in [0, 0.1) is 0 Å². The van der Waals surface area contributed by atoms with Gasteiger partial charge in [-0.25, -0.2) is 0 Å². The third kappa shape index (κ3) is 5.09. The summed E-state index contributed by atoms with van der Waals surface area (Å²) in [6, 6.07) is 14.1. The van der Waals surface area contributed by atoms with Gasteiger partial charge in [-0.2, -0.15) is 0 Å². The summed E-state index contributed by atoms with van der Waals surface area (Å²) in [6.07, 6.45) is 2.10. The van der Waals surface area contributed by atoms with Gasteiger partial charge in [0.15, 0.2) is 11.5 Å². The summed E-state index contributed by atoms with van der Waals surface area (Å²) in [5.74, 6) is 1.96. The summed E-state index contributed by atoms with van der Waals surface area (Å²) in [5, 5.41) is 10.6. The average molecular weight is 390 g/mol. The number of benzene rings is 2. The second kappa shape index (κ2) is 9.35. The largest absolute Gasteiger partial charge is 0.493 e. The van der Waals surface area contributed by atoms with Gasteiger partial charge in [-0.15, -0.1) is 11.8 Å². The smallest absolute Gasteiger partial charge is 0.164 e. The molecule has 0 aromatic heterocycles. The fourth-order valence-electron chi connectivity index (χ4n) is 3.31. The number of hydrogen-bond donors (Lipinski definition) is 1. The minimum atomic E-state index is -0.530. The van der Waals surface area contributed by atoms with Crippen molar-refractivity contribution < 1.29 is 19.3 Å². The number of β-amino-alcohol motifs (C(OH)–C–C–N with tert-alkyl or cyclic N) is 1. The molecule has 0 aliphatic carbocycles. The van der Waals surface area contributed by atoms with Crippen molar-refractivity contribution in [2.45, 2.75) is 30.1 Å². The Labute approximate surface area is 165 Å². The van der Waals surface area contributed by atoms with Gasteiger partial charge in [-0.05, 0) is 42.5 Å². The normalized spacial score (nSPS) is 20.3. The summed E-state index contributed by atoms with van der Waals surface area (Å²) < 4.78 is 16.6. The molecule has 5 nitrogen and oxygen atoms in total. The standard InChI is InChI=1S/C21H27NO4S/c1-24-20-9-6-16(12-21(20)25-2)26-19-10-11-22(14-18(19)23)13-15-4-7-17(27-3)8-5-15/h4-9,12,18-19,23H,10-11,13-14H2,1-3H3/t18-,19-/m1/s1. The van der Waals surface area contributed by atoms with Gasteiger partial charge in [0, 0.05) is 30.6 Å². The number of ether oxygens (including phenoxy) is 3. The molecule has 1 fully saturated rings. The lowest BCUT2D eigenvalue weighted by atomic mass is 10.0. The van der Waals surface area contributed by atoms with E-state index in [4.69, 9.17) is 14.2 Å². The Morgan fingerprint density at radius 1 is 1.07 bits per heavy atom. The van der Waals surface area contributed by atoms with Crippen LogP contribution in [0.1, 0.15) is 12.0 Å². The third-order valence-electron chi connectivity index (χ3n) is 4.81. The van der Waals surface area contributed by atoms with Crippen molar-refractivity contribution in [2.24, 2.45) is 0 Å². The van der Waals surface area contributed by atoms with Crippen molar-refractivity contribution in [3.63, 3.8) is 0 Å². The van der Waals surface area contributed by atoms with Crippen LogP contribution in [0.2, 0.25) is 0 Å². The van der Waals surface area contributed by atoms with Crippen LogP contribution >= 0.6 is 11.8 Å². The van der Waals surface area contributed by atoms with Crippen LogP contribution in [-0.2, 0) is 6.54 Å². The maximum atomic E-state index is 10.6. The van der Waals surface area contributed by atoms with Crippen molar-refractivity contribution in [1.29, 1.82) is 0 Å². The van der Waals surface area contributed by atoms with Gasteiger partial charge in [0.2, 0.25) is 0 Å². The second-order valence-electron chi connectivity index (χ2n) is 6.61. The first-order valence-electron chi connectivity index (χ1n) is 9.05. The number of thioether (sulfide) groups is 1. The maximum Gasteiger partial charge on any atom is 0.164 e. The van der Waals surface area contributed by atoms with Crippen LogP contribution in [0.4, 0.5) is 0 Å². The van der Waals surface area contributed by atoms with Gasteiger partial charge >= 0.3 is 0 Å². The lowest BCUT2D eigenvalue weighted by Gasteiger charge is -2.36. The fraction of sp³-hybridized carbons (Fsp3) is 0.429. The molecular weight excluding hydrogens is 362 g/mol. The molecule has 2 atom stereocenters. The zero-order valence-corrected chi connectivity index (χ0v) is 16.9. The molecule has 1 heterocycles. The molecule has 1 N–H and O–H groups in total. The Hall–Kier alpha value is -1.89. The molecule has 0 bridgehead atoms. The number of aliphatic hydroxyl groups is 1. The Bertz CT molecular complexity index is 737. The predicted octanol–water partition coefficient (Wildman–Crippen LogP) is 3.44. The minimum Gasteiger partial charge on any atom is -0.493 e. The molecule has 0 saturated carbocycles. The summed E-state index contributed by atoms with van der Waals surface area (Å²) in [5.41, 5.74) is 1.26. The first-order valence-corrected chi connectivity index (χ1v) is 10.3. The van der Waals surface area contributed by atoms with Gasteiger partial charge < -0.3 is 19.3 Å². The molecule has 1 aliphatic rings. The van der Waals surface area contributed by atoms with Crippen LogP contribution in [0.3, 0.4) is 0 Å². The molecule has 0 unspecified atom stereocenters. The molecule has 0 radical (unpaired) electrons. The van der Waals surface area contributed by atoms with Crippen LogP contribution in [0.15, 0.2) is 47.4 Å². The Morgan fingerprint density at radius 2 is 1.81 bits per heavy atom. The Morgan fingerprint density at radius 3 is 2.44 bits per heavy atom. The lowest BCUT2D eigenvalue weighted by molar-refractivity contribution is -0.0275. The highest BCUT2D eigenvalue weighted by Crippen LogP contribution is 2.32. The van der Waals surface area contributed by atoms with Gasteiger partial charge in [-0.3, -0.25) is 4.90 Å². The van der Waals surface area contributed by atoms with Crippen molar-refractivity contribution in [3.8, 4) is 17.2 Å². The minimum absolute atomic E-state index is 0.224. The van der Waals surface area contributed by atoms with Gasteiger partial charge in [0.05, 0.1) is 14.2 Å². The number of methoxy groups -OCH3 is 2. The zero-order chi connectivity index (χ0) is 19.2. The SMILES string of the molecule is COc1ccc(O[C@@H]2CCN(Cc3ccc(SC)cc3)C[C@H]2O)cc1OC. The molecule has 0 spiro atoms. The van der Waals surface area contributed by atoms with Gasteiger partial charge in [-0.1, -0.05) is 12.1 Å². The Kier molecular flexibility index (Phi) is 6.88. The molecule has 27 heavy (non-hydrogen) atoms. The highest BCUT2D eigenvalue weighted by Gasteiger charge is 2.29. The molecule has 1 aliphatic heterocycles. The first-order chi connectivity index (χ1) is 13.1. The van der Waals surface area contributed by atoms with E-state index in [0.29, 0.717) is 23.8 Å². The van der Waals surface area contributed by atoms with Crippen LogP contribution in [-0.4, -0.2) is 55.8 Å². The zero-order valence-electron chi connectivity index (χ0n) is 16.1. The predicted molar refractivity (Wildman–Crippen MR) is 108 cm³/mol. The van der Waals surface area contributed by atoms with Crippen LogP contribution < -0.4 is 14.2 Å². The van der Waals surface area contributed by atoms with E-state index in [2.05, 4.69) is 35.4 Å². The van der Waals surface area contributed by atoms with Gasteiger partial charge in [0.1, 0.15) is 18.0 Å². The molecule has 6 heteroatoms. The highest BCUT2D eigenvalue weighted by molar-refractivity contribution is 7.98. The molecule has 1 saturated heterocycles. The van der Waals surface area contributed by atoms with E-state index >= 15 is 0 Å². The third-order valence-corrected chi connectivity index (χ3v) is 5.56. The fourth-order valence-corrected chi connectivity index (χ4v) is 3.72. The number of rotatable bonds is 7. The van der Waals surface area contributed by atoms with E-state index in [9.17, 15) is 5.11 Å². The molecule has 146 valence electrons. The number of likely N-dealkylation sites (tertiary alicyclic amines) is 1. The highest BCUT2D eigenvalue weighted by atomic mass is 32.2. The van der Waals surface area contributed by atoms with E-state index in [-0.39, 0.29) is 6.10 Å². The number of hydrogen-bond acceptors (Lipinski definition) is 6. The van der Waals surface area contributed by atoms with E-state index in [0.717, 1.165) is 19.5 Å². The summed E-state index contributed by atoms with van der Waals surface area (Å²) in [6.45, 7) is 2.33. The first kappa shape index (κ1) is 19.9. The topological polar surface area (TPSA) is 51.2 Å². The van der Waals surface area contributed by atoms with Gasteiger partial charge in [0.25, 0.3) is 0 Å². The maximum absolute atomic E-state index is 10.6. The number of piperidine rings is 1. The van der Waals surface area contributed by atoms with Crippen molar-refractivity contribution in [2.75, 3.05) is 33.6 Å². The lowest BCUT2D eigenvalue weighted by Crippen LogP contribution is -2.48. The van der Waals surface area contributed by atoms with E-state index < -0.39 is 6.10 Å². The number of nitrogens with zero attached hydrogens (tertiary/aromatic N) is 1. The Balaban J connectivity index is 1.56. The molecule has 2 aromatic rings. The van der Waals surface area contributed by atoms with Crippen LogP contribution in [0.25, 0.3) is 0 Å². The molecule has 2 aromatic carbocycles. The summed E-state index contributed by atoms with van der Waals surface area (Å²) in [4.78, 5) is 3.54. The monoisotopic (exact) mass is 389 g/mol. The molecule has 3 rings (SSSR count). The molecular formula is C21H27NO4S.